The number of nitrogens with zero attached hydrogens (tertiary/aromatic N) is 4. The van der Waals surface area contributed by atoms with Crippen molar-refractivity contribution in [2.75, 3.05) is 31.1 Å². The molecule has 1 atom stereocenters. The van der Waals surface area contributed by atoms with Gasteiger partial charge in [-0.2, -0.15) is 0 Å². The van der Waals surface area contributed by atoms with Crippen LogP contribution in [0.4, 0.5) is 10.2 Å². The number of carbonyl (C=O) groups excluding carboxylic acids is 1. The van der Waals surface area contributed by atoms with Gasteiger partial charge >= 0.3 is 0 Å². The molecule has 2 aromatic carbocycles. The van der Waals surface area contributed by atoms with E-state index in [2.05, 4.69) is 16.8 Å². The second kappa shape index (κ2) is 10.1. The molecule has 0 aliphatic carbocycles. The Morgan fingerprint density at radius 2 is 1.64 bits per heavy atom. The fourth-order valence-electron chi connectivity index (χ4n) is 4.59. The molecule has 1 fully saturated rings. The maximum atomic E-state index is 13.4. The van der Waals surface area contributed by atoms with Crippen molar-refractivity contribution < 1.29 is 9.18 Å². The third-order valence-electron chi connectivity index (χ3n) is 6.40. The lowest BCUT2D eigenvalue weighted by Gasteiger charge is -2.38. The number of aryl methyl sites for hydroxylation is 2. The Balaban J connectivity index is 1.50. The first kappa shape index (κ1) is 22.9. The van der Waals surface area contributed by atoms with Crippen molar-refractivity contribution >= 4 is 11.7 Å². The number of halogens is 1. The van der Waals surface area contributed by atoms with Gasteiger partial charge in [0.2, 0.25) is 5.91 Å². The van der Waals surface area contributed by atoms with Crippen LogP contribution in [0.1, 0.15) is 47.5 Å². The molecule has 33 heavy (non-hydrogen) atoms. The summed E-state index contributed by atoms with van der Waals surface area (Å²) >= 11 is 0. The topological polar surface area (TPSA) is 49.3 Å². The molecular formula is C27H31FN4O. The molecule has 1 aliphatic heterocycles. The van der Waals surface area contributed by atoms with E-state index in [0.29, 0.717) is 19.5 Å². The number of carbonyl (C=O) groups is 1. The van der Waals surface area contributed by atoms with Crippen LogP contribution in [0.15, 0.2) is 54.6 Å². The van der Waals surface area contributed by atoms with Gasteiger partial charge in [-0.05, 0) is 43.5 Å². The first-order valence-corrected chi connectivity index (χ1v) is 11.6. The van der Waals surface area contributed by atoms with E-state index in [1.54, 1.807) is 0 Å². The van der Waals surface area contributed by atoms with E-state index >= 15 is 0 Å². The highest BCUT2D eigenvalue weighted by Gasteiger charge is 2.29. The van der Waals surface area contributed by atoms with Crippen LogP contribution >= 0.6 is 0 Å². The first-order chi connectivity index (χ1) is 16.0. The molecule has 1 aromatic heterocycles. The number of anilines is 1. The summed E-state index contributed by atoms with van der Waals surface area (Å²) in [5.74, 6) is 1.52. The zero-order chi connectivity index (χ0) is 23.4. The molecule has 0 bridgehead atoms. The van der Waals surface area contributed by atoms with Crippen LogP contribution in [0.25, 0.3) is 0 Å². The number of piperazine rings is 1. The minimum Gasteiger partial charge on any atom is -0.353 e. The Bertz CT molecular complexity index is 1090. The smallest absolute Gasteiger partial charge is 0.230 e. The molecule has 6 heteroatoms. The van der Waals surface area contributed by atoms with Crippen molar-refractivity contribution in [3.05, 3.63) is 88.6 Å². The zero-order valence-corrected chi connectivity index (χ0v) is 19.6. The molecule has 0 radical (unpaired) electrons. The molecule has 0 unspecified atom stereocenters. The largest absolute Gasteiger partial charge is 0.353 e. The van der Waals surface area contributed by atoms with Crippen molar-refractivity contribution in [1.82, 2.24) is 14.9 Å². The highest BCUT2D eigenvalue weighted by atomic mass is 19.1. The summed E-state index contributed by atoms with van der Waals surface area (Å²) in [5.41, 5.74) is 4.10. The highest BCUT2D eigenvalue weighted by Crippen LogP contribution is 2.27. The summed E-state index contributed by atoms with van der Waals surface area (Å²) in [6.45, 7) is 8.76. The number of rotatable bonds is 6. The predicted octanol–water partition coefficient (Wildman–Crippen LogP) is 4.67. The summed E-state index contributed by atoms with van der Waals surface area (Å²) in [5, 5.41) is 0. The molecule has 0 spiro atoms. The average Bonchev–Trinajstić information content (AvgIpc) is 2.83. The highest BCUT2D eigenvalue weighted by molar-refractivity contribution is 5.84. The SMILES string of the molecule is CC[C@@H](C(=O)N1CCN(c2nc(C)nc(C)c2Cc2ccc(F)cc2)CC1)c1ccccc1. The summed E-state index contributed by atoms with van der Waals surface area (Å²) in [6.07, 6.45) is 1.43. The molecule has 2 heterocycles. The Hall–Kier alpha value is -3.28. The standard InChI is InChI=1S/C27H31FN4O/c1-4-24(22-8-6-5-7-9-22)27(33)32-16-14-31(15-17-32)26-25(19(2)29-20(3)30-26)18-21-10-12-23(28)13-11-21/h5-13,24H,4,14-18H2,1-3H3/t24-/m1/s1. The maximum Gasteiger partial charge on any atom is 0.230 e. The van der Waals surface area contributed by atoms with Gasteiger partial charge < -0.3 is 9.80 Å². The minimum absolute atomic E-state index is 0.102. The number of aromatic nitrogens is 2. The Morgan fingerprint density at radius 3 is 2.27 bits per heavy atom. The minimum atomic E-state index is -0.238. The molecule has 1 amide bonds. The normalized spacial score (nSPS) is 14.9. The average molecular weight is 447 g/mol. The van der Waals surface area contributed by atoms with E-state index in [-0.39, 0.29) is 17.6 Å². The second-order valence-corrected chi connectivity index (χ2v) is 8.65. The fraction of sp³-hybridized carbons (Fsp3) is 0.370. The molecule has 172 valence electrons. The molecule has 1 aliphatic rings. The quantitative estimate of drug-likeness (QED) is 0.552. The lowest BCUT2D eigenvalue weighted by Crippen LogP contribution is -2.50. The van der Waals surface area contributed by atoms with Crippen LogP contribution in [0.3, 0.4) is 0 Å². The van der Waals surface area contributed by atoms with Gasteiger partial charge in [-0.15, -0.1) is 0 Å². The Labute approximate surface area is 195 Å². The third kappa shape index (κ3) is 5.21. The zero-order valence-electron chi connectivity index (χ0n) is 19.6. The summed E-state index contributed by atoms with van der Waals surface area (Å²) in [7, 11) is 0. The van der Waals surface area contributed by atoms with Crippen molar-refractivity contribution in [3.8, 4) is 0 Å². The monoisotopic (exact) mass is 446 g/mol. The van der Waals surface area contributed by atoms with E-state index < -0.39 is 0 Å². The van der Waals surface area contributed by atoms with Crippen molar-refractivity contribution in [3.63, 3.8) is 0 Å². The van der Waals surface area contributed by atoms with Gasteiger partial charge in [0, 0.05) is 43.9 Å². The summed E-state index contributed by atoms with van der Waals surface area (Å²) in [4.78, 5) is 26.9. The molecule has 1 saturated heterocycles. The van der Waals surface area contributed by atoms with E-state index in [9.17, 15) is 9.18 Å². The number of hydrogen-bond donors (Lipinski definition) is 0. The first-order valence-electron chi connectivity index (χ1n) is 11.6. The van der Waals surface area contributed by atoms with Gasteiger partial charge in [-0.3, -0.25) is 4.79 Å². The molecule has 0 saturated carbocycles. The van der Waals surface area contributed by atoms with E-state index in [4.69, 9.17) is 4.98 Å². The molecular weight excluding hydrogens is 415 g/mol. The van der Waals surface area contributed by atoms with Crippen molar-refractivity contribution in [2.45, 2.75) is 39.5 Å². The molecule has 4 rings (SSSR count). The van der Waals surface area contributed by atoms with Gasteiger partial charge in [0.05, 0.1) is 5.92 Å². The van der Waals surface area contributed by atoms with Crippen LogP contribution < -0.4 is 4.90 Å². The number of hydrogen-bond acceptors (Lipinski definition) is 4. The molecule has 5 nitrogen and oxygen atoms in total. The maximum absolute atomic E-state index is 13.4. The van der Waals surface area contributed by atoms with Gasteiger partial charge in [0.1, 0.15) is 17.5 Å². The predicted molar refractivity (Wildman–Crippen MR) is 129 cm³/mol. The lowest BCUT2D eigenvalue weighted by atomic mass is 9.94. The molecule has 0 N–H and O–H groups in total. The van der Waals surface area contributed by atoms with Crippen molar-refractivity contribution in [1.29, 1.82) is 0 Å². The van der Waals surface area contributed by atoms with E-state index in [0.717, 1.165) is 53.5 Å². The van der Waals surface area contributed by atoms with Crippen LogP contribution in [0, 0.1) is 19.7 Å². The third-order valence-corrected chi connectivity index (χ3v) is 6.40. The molecule has 3 aromatic rings. The lowest BCUT2D eigenvalue weighted by molar-refractivity contribution is -0.133. The second-order valence-electron chi connectivity index (χ2n) is 8.65. The van der Waals surface area contributed by atoms with Crippen molar-refractivity contribution in [2.24, 2.45) is 0 Å². The van der Waals surface area contributed by atoms with Gasteiger partial charge in [-0.1, -0.05) is 49.4 Å². The van der Waals surface area contributed by atoms with Gasteiger partial charge in [-0.25, -0.2) is 14.4 Å². The van der Waals surface area contributed by atoms with Crippen LogP contribution in [0.5, 0.6) is 0 Å². The Morgan fingerprint density at radius 1 is 0.970 bits per heavy atom. The number of amides is 1. The Kier molecular flexibility index (Phi) is 7.02. The summed E-state index contributed by atoms with van der Waals surface area (Å²) < 4.78 is 13.4. The van der Waals surface area contributed by atoms with Crippen LogP contribution in [0.2, 0.25) is 0 Å². The van der Waals surface area contributed by atoms with E-state index in [1.807, 2.05) is 61.2 Å². The van der Waals surface area contributed by atoms with Gasteiger partial charge in [0.15, 0.2) is 0 Å². The van der Waals surface area contributed by atoms with Crippen LogP contribution in [-0.2, 0) is 11.2 Å². The fourth-order valence-corrected chi connectivity index (χ4v) is 4.59. The van der Waals surface area contributed by atoms with E-state index in [1.165, 1.54) is 12.1 Å². The van der Waals surface area contributed by atoms with Crippen LogP contribution in [-0.4, -0.2) is 47.0 Å². The summed E-state index contributed by atoms with van der Waals surface area (Å²) in [6, 6.07) is 16.6. The number of benzene rings is 2. The van der Waals surface area contributed by atoms with Gasteiger partial charge in [0.25, 0.3) is 0 Å².